The van der Waals surface area contributed by atoms with Crippen molar-refractivity contribution < 1.29 is 49.0 Å². The number of allylic oxidation sites excluding steroid dienone is 4. The number of fused-ring (bicyclic) bond motifs is 1. The van der Waals surface area contributed by atoms with Crippen molar-refractivity contribution in [1.82, 2.24) is 0 Å². The maximum absolute atomic E-state index is 2.37. The molecule has 0 heterocycles. The van der Waals surface area contributed by atoms with Gasteiger partial charge >= 0.3 is 41.3 Å². The van der Waals surface area contributed by atoms with Crippen LogP contribution in [0.25, 0.3) is 16.3 Å². The van der Waals surface area contributed by atoms with Crippen LogP contribution < -0.4 is 24.8 Å². The molecular weight excluding hydrogens is 414 g/mol. The van der Waals surface area contributed by atoms with Gasteiger partial charge in [0.2, 0.25) is 0 Å². The van der Waals surface area contributed by atoms with E-state index in [1.165, 1.54) is 30.7 Å². The third-order valence-electron chi connectivity index (χ3n) is 3.73. The van der Waals surface area contributed by atoms with Gasteiger partial charge in [-0.25, -0.2) is 0 Å². The molecule has 0 radical (unpaired) electrons. The van der Waals surface area contributed by atoms with Gasteiger partial charge in [-0.15, -0.1) is 40.1 Å². The van der Waals surface area contributed by atoms with Crippen molar-refractivity contribution in [2.45, 2.75) is 41.0 Å². The average Bonchev–Trinajstić information content (AvgIpc) is 3.04. The van der Waals surface area contributed by atoms with Crippen molar-refractivity contribution in [2.75, 3.05) is 0 Å². The van der Waals surface area contributed by atoms with Crippen LogP contribution in [0.4, 0.5) is 0 Å². The molecule has 0 atom stereocenters. The molecule has 0 bridgehead atoms. The Balaban J connectivity index is 0.000000801. The van der Waals surface area contributed by atoms with Crippen molar-refractivity contribution in [3.8, 4) is 0 Å². The summed E-state index contributed by atoms with van der Waals surface area (Å²) in [6, 6.07) is 13.2. The van der Waals surface area contributed by atoms with Crippen LogP contribution in [0, 0.1) is 5.41 Å². The first-order valence-corrected chi connectivity index (χ1v) is 9.09. The molecule has 0 saturated carbocycles. The second-order valence-corrected chi connectivity index (χ2v) is 9.61. The summed E-state index contributed by atoms with van der Waals surface area (Å²) in [5.74, 6) is 0. The predicted molar refractivity (Wildman–Crippen MR) is 96.0 cm³/mol. The number of benzene rings is 1. The molecule has 0 aromatic heterocycles. The van der Waals surface area contributed by atoms with Crippen LogP contribution in [0.5, 0.6) is 0 Å². The van der Waals surface area contributed by atoms with Gasteiger partial charge in [0, 0.05) is 0 Å². The summed E-state index contributed by atoms with van der Waals surface area (Å²) < 4.78 is 1.51. The first kappa shape index (κ1) is 23.6. The summed E-state index contributed by atoms with van der Waals surface area (Å²) in [7, 11) is 0. The fourth-order valence-electron chi connectivity index (χ4n) is 2.59. The van der Waals surface area contributed by atoms with Gasteiger partial charge in [-0.1, -0.05) is 56.7 Å². The van der Waals surface area contributed by atoms with Crippen LogP contribution in [-0.4, -0.2) is 3.21 Å². The van der Waals surface area contributed by atoms with E-state index in [0.717, 1.165) is 6.42 Å². The summed E-state index contributed by atoms with van der Waals surface area (Å²) in [5, 5.41) is 2.69. The first-order chi connectivity index (χ1) is 10.3. The molecule has 0 aliphatic heterocycles. The first-order valence-electron chi connectivity index (χ1n) is 7.86. The van der Waals surface area contributed by atoms with Crippen molar-refractivity contribution in [3.05, 3.63) is 59.7 Å². The minimum absolute atomic E-state index is 0. The monoisotopic (exact) mass is 437 g/mol. The fraction of sp³-hybridized carbons (Fsp3) is 0.333. The summed E-state index contributed by atoms with van der Waals surface area (Å²) >= 11 is 1.55. The topological polar surface area (TPSA) is 0 Å². The van der Waals surface area contributed by atoms with E-state index in [9.17, 15) is 0 Å². The quantitative estimate of drug-likeness (QED) is 0.552. The van der Waals surface area contributed by atoms with Crippen LogP contribution in [0.1, 0.15) is 46.6 Å². The summed E-state index contributed by atoms with van der Waals surface area (Å²) in [4.78, 5) is 0. The van der Waals surface area contributed by atoms with Gasteiger partial charge in [0.25, 0.3) is 0 Å². The molecule has 2 aromatic carbocycles. The third kappa shape index (κ3) is 6.51. The molecule has 0 amide bonds. The molecule has 3 rings (SSSR count). The third-order valence-corrected chi connectivity index (χ3v) is 3.73. The van der Waals surface area contributed by atoms with Gasteiger partial charge in [-0.05, 0) is 11.8 Å². The Kier molecular flexibility index (Phi) is 9.81. The van der Waals surface area contributed by atoms with Gasteiger partial charge < -0.3 is 24.8 Å². The normalized spacial score (nSPS) is 13.1. The van der Waals surface area contributed by atoms with E-state index in [1.54, 1.807) is 24.2 Å². The maximum Gasteiger partial charge on any atom is -1.00 e. The number of halogens is 2. The SMILES string of the molecule is CC(C)(C)C1=CCC(c2cc3ccccc3[cH-]2)=C1.C[C](C)=[Zr+2].[Cl-].[Cl-]. The van der Waals surface area contributed by atoms with Gasteiger partial charge in [-0.2, -0.15) is 0 Å². The molecule has 2 aromatic rings. The van der Waals surface area contributed by atoms with Crippen molar-refractivity contribution in [3.63, 3.8) is 0 Å². The molecule has 1 aliphatic rings. The molecule has 0 N–H and O–H groups in total. The van der Waals surface area contributed by atoms with Gasteiger partial charge in [0.1, 0.15) is 0 Å². The Hall–Kier alpha value is -0.357. The van der Waals surface area contributed by atoms with E-state index in [-0.39, 0.29) is 30.2 Å². The molecule has 24 heavy (non-hydrogen) atoms. The molecule has 128 valence electrons. The molecule has 0 unspecified atom stereocenters. The molecule has 0 saturated heterocycles. The Labute approximate surface area is 173 Å². The molecule has 3 heteroatoms. The van der Waals surface area contributed by atoms with Crippen LogP contribution in [0.15, 0.2) is 54.1 Å². The Bertz CT molecular complexity index is 706. The second kappa shape index (κ2) is 9.95. The Morgan fingerprint density at radius 3 is 2.17 bits per heavy atom. The van der Waals surface area contributed by atoms with Gasteiger partial charge in [-0.3, -0.25) is 0 Å². The standard InChI is InChI=1S/C18H19.C3H6.2ClH.Zr/c1-18(2,3)17-9-8-15(12-17)16-10-13-6-4-5-7-14(13)11-16;1-3-2;;;/h4-7,9-12H,8H2,1-3H3;1-2H3;2*1H;/q-1;;;;+2/p-2. The zero-order chi connectivity index (χ0) is 16.3. The van der Waals surface area contributed by atoms with Gasteiger partial charge in [0.15, 0.2) is 0 Å². The van der Waals surface area contributed by atoms with E-state index in [1.807, 2.05) is 0 Å². The summed E-state index contributed by atoms with van der Waals surface area (Å²) in [6.45, 7) is 11.1. The number of hydrogen-bond donors (Lipinski definition) is 0. The van der Waals surface area contributed by atoms with Crippen molar-refractivity contribution in [1.29, 1.82) is 0 Å². The van der Waals surface area contributed by atoms with E-state index in [2.05, 4.69) is 83.2 Å². The molecule has 0 spiro atoms. The number of rotatable bonds is 1. The maximum atomic E-state index is 2.37. The Morgan fingerprint density at radius 2 is 1.67 bits per heavy atom. The fourth-order valence-corrected chi connectivity index (χ4v) is 2.59. The summed E-state index contributed by atoms with van der Waals surface area (Å²) in [5.41, 5.74) is 4.55. The molecular formula is C21H25Cl2Zr-. The van der Waals surface area contributed by atoms with E-state index >= 15 is 0 Å². The van der Waals surface area contributed by atoms with E-state index < -0.39 is 0 Å². The van der Waals surface area contributed by atoms with Crippen LogP contribution in [-0.2, 0) is 24.2 Å². The zero-order valence-electron chi connectivity index (χ0n) is 15.1. The summed E-state index contributed by atoms with van der Waals surface area (Å²) in [6.07, 6.45) is 5.81. The largest absolute Gasteiger partial charge is 1.00 e. The van der Waals surface area contributed by atoms with E-state index in [0.29, 0.717) is 0 Å². The van der Waals surface area contributed by atoms with E-state index in [4.69, 9.17) is 0 Å². The van der Waals surface area contributed by atoms with Crippen LogP contribution >= 0.6 is 0 Å². The van der Waals surface area contributed by atoms with Crippen LogP contribution in [0.2, 0.25) is 0 Å². The van der Waals surface area contributed by atoms with Crippen molar-refractivity contribution in [2.24, 2.45) is 5.41 Å². The molecule has 0 fully saturated rings. The number of hydrogen-bond acceptors (Lipinski definition) is 0. The average molecular weight is 440 g/mol. The minimum Gasteiger partial charge on any atom is -1.00 e. The Morgan fingerprint density at radius 1 is 1.08 bits per heavy atom. The molecule has 0 nitrogen and oxygen atoms in total. The van der Waals surface area contributed by atoms with Crippen LogP contribution in [0.3, 0.4) is 0 Å². The zero-order valence-corrected chi connectivity index (χ0v) is 19.1. The smallest absolute Gasteiger partial charge is 1.00 e. The van der Waals surface area contributed by atoms with Gasteiger partial charge in [0.05, 0.1) is 0 Å². The second-order valence-electron chi connectivity index (χ2n) is 7.16. The van der Waals surface area contributed by atoms with Crippen molar-refractivity contribution >= 4 is 19.6 Å². The predicted octanol–water partition coefficient (Wildman–Crippen LogP) is 0.0717. The molecule has 1 aliphatic carbocycles. The minimum atomic E-state index is 0.